The monoisotopic (exact) mass is 314 g/mol. The highest BCUT2D eigenvalue weighted by molar-refractivity contribution is 9.10. The molecule has 0 saturated carbocycles. The number of hydrogen-bond acceptors (Lipinski definition) is 3. The average Bonchev–Trinajstić information content (AvgIpc) is 2.27. The van der Waals surface area contributed by atoms with Crippen LogP contribution in [0.1, 0.15) is 24.2 Å². The van der Waals surface area contributed by atoms with Gasteiger partial charge in [-0.1, -0.05) is 15.9 Å². The molecule has 1 aromatic carbocycles. The van der Waals surface area contributed by atoms with Crippen molar-refractivity contribution < 1.29 is 14.7 Å². The Morgan fingerprint density at radius 1 is 1.39 bits per heavy atom. The molecule has 98 valence electrons. The number of nitrogens with two attached hydrogens (primary N) is 1. The average molecular weight is 315 g/mol. The molecule has 0 aromatic heterocycles. The first kappa shape index (κ1) is 14.5. The molecule has 0 aliphatic heterocycles. The number of amides is 1. The summed E-state index contributed by atoms with van der Waals surface area (Å²) in [7, 11) is 0. The zero-order valence-electron chi connectivity index (χ0n) is 10.1. The van der Waals surface area contributed by atoms with E-state index in [1.807, 2.05) is 0 Å². The van der Waals surface area contributed by atoms with Gasteiger partial charge in [-0.3, -0.25) is 9.59 Å². The molecule has 0 aliphatic carbocycles. The molecular formula is C12H15BrN2O3. The lowest BCUT2D eigenvalue weighted by atomic mass is 10.0. The van der Waals surface area contributed by atoms with Gasteiger partial charge >= 0.3 is 5.97 Å². The van der Waals surface area contributed by atoms with Crippen molar-refractivity contribution in [1.29, 1.82) is 0 Å². The maximum Gasteiger partial charge on any atom is 0.308 e. The number of carboxylic acid groups (broad SMARTS) is 1. The summed E-state index contributed by atoms with van der Waals surface area (Å²) in [6, 6.07) is 4.67. The molecule has 0 spiro atoms. The number of halogens is 1. The van der Waals surface area contributed by atoms with Gasteiger partial charge in [0, 0.05) is 16.2 Å². The third kappa shape index (κ3) is 3.46. The molecule has 6 heteroatoms. The molecule has 5 nitrogen and oxygen atoms in total. The van der Waals surface area contributed by atoms with Crippen molar-refractivity contribution in [2.75, 3.05) is 5.32 Å². The van der Waals surface area contributed by atoms with Crippen LogP contribution in [0.3, 0.4) is 0 Å². The summed E-state index contributed by atoms with van der Waals surface area (Å²) < 4.78 is 0.783. The Hall–Kier alpha value is -1.56. The van der Waals surface area contributed by atoms with E-state index in [9.17, 15) is 9.59 Å². The molecule has 18 heavy (non-hydrogen) atoms. The maximum absolute atomic E-state index is 11.3. The summed E-state index contributed by atoms with van der Waals surface area (Å²) >= 11 is 3.29. The Balaban J connectivity index is 2.99. The minimum absolute atomic E-state index is 0.324. The van der Waals surface area contributed by atoms with E-state index in [-0.39, 0.29) is 6.04 Å². The molecule has 0 saturated heterocycles. The predicted octanol–water partition coefficient (Wildman–Crippen LogP) is 2.07. The Morgan fingerprint density at radius 3 is 2.50 bits per heavy atom. The number of benzene rings is 1. The van der Waals surface area contributed by atoms with Crippen molar-refractivity contribution in [3.8, 4) is 0 Å². The summed E-state index contributed by atoms with van der Waals surface area (Å²) in [6.45, 7) is 3.34. The second-order valence-corrected chi connectivity index (χ2v) is 5.03. The highest BCUT2D eigenvalue weighted by atomic mass is 79.9. The minimum atomic E-state index is -0.898. The van der Waals surface area contributed by atoms with Crippen LogP contribution < -0.4 is 11.1 Å². The number of nitrogens with one attached hydrogen (secondary N) is 1. The van der Waals surface area contributed by atoms with Crippen LogP contribution in [-0.2, 0) is 4.79 Å². The van der Waals surface area contributed by atoms with Gasteiger partial charge in [-0.05, 0) is 32.0 Å². The summed E-state index contributed by atoms with van der Waals surface area (Å²) in [5.41, 5.74) is 6.13. The van der Waals surface area contributed by atoms with E-state index in [1.165, 1.54) is 0 Å². The lowest BCUT2D eigenvalue weighted by Crippen LogP contribution is -2.30. The van der Waals surface area contributed by atoms with Gasteiger partial charge in [-0.25, -0.2) is 0 Å². The van der Waals surface area contributed by atoms with Crippen molar-refractivity contribution in [1.82, 2.24) is 0 Å². The summed E-state index contributed by atoms with van der Waals surface area (Å²) in [5, 5.41) is 11.9. The number of carboxylic acids is 1. The first-order chi connectivity index (χ1) is 8.32. The van der Waals surface area contributed by atoms with Crippen LogP contribution in [0, 0.1) is 5.92 Å². The van der Waals surface area contributed by atoms with E-state index >= 15 is 0 Å². The molecule has 4 N–H and O–H groups in total. The van der Waals surface area contributed by atoms with Crippen LogP contribution in [0.15, 0.2) is 22.7 Å². The fourth-order valence-electron chi connectivity index (χ4n) is 1.43. The fraction of sp³-hybridized carbons (Fsp3) is 0.333. The first-order valence-electron chi connectivity index (χ1n) is 5.41. The number of primary amides is 1. The summed E-state index contributed by atoms with van der Waals surface area (Å²) in [5.74, 6) is -2.03. The SMILES string of the molecule is CC(Nc1cc(Br)ccc1C(N)=O)C(C)C(=O)O. The van der Waals surface area contributed by atoms with E-state index in [0.717, 1.165) is 4.47 Å². The molecule has 1 aromatic rings. The minimum Gasteiger partial charge on any atom is -0.481 e. The normalized spacial score (nSPS) is 13.7. The molecule has 0 aliphatic rings. The van der Waals surface area contributed by atoms with Crippen LogP contribution in [0.4, 0.5) is 5.69 Å². The number of aliphatic carboxylic acids is 1. The van der Waals surface area contributed by atoms with Gasteiger partial charge in [0.25, 0.3) is 5.91 Å². The van der Waals surface area contributed by atoms with Crippen LogP contribution in [0.25, 0.3) is 0 Å². The van der Waals surface area contributed by atoms with Crippen LogP contribution in [0.2, 0.25) is 0 Å². The molecule has 0 radical (unpaired) electrons. The smallest absolute Gasteiger partial charge is 0.308 e. The van der Waals surface area contributed by atoms with E-state index < -0.39 is 17.8 Å². The van der Waals surface area contributed by atoms with Gasteiger partial charge in [0.2, 0.25) is 0 Å². The molecule has 0 heterocycles. The lowest BCUT2D eigenvalue weighted by Gasteiger charge is -2.20. The molecular weight excluding hydrogens is 300 g/mol. The van der Waals surface area contributed by atoms with Gasteiger partial charge < -0.3 is 16.2 Å². The maximum atomic E-state index is 11.3. The van der Waals surface area contributed by atoms with E-state index in [1.54, 1.807) is 32.0 Å². The van der Waals surface area contributed by atoms with E-state index in [0.29, 0.717) is 11.3 Å². The van der Waals surface area contributed by atoms with Crippen LogP contribution in [-0.4, -0.2) is 23.0 Å². The second kappa shape index (κ2) is 5.86. The van der Waals surface area contributed by atoms with Crippen LogP contribution in [0.5, 0.6) is 0 Å². The molecule has 2 atom stereocenters. The summed E-state index contributed by atoms with van der Waals surface area (Å²) in [4.78, 5) is 22.1. The fourth-order valence-corrected chi connectivity index (χ4v) is 1.80. The molecule has 0 fully saturated rings. The Morgan fingerprint density at radius 2 is 2.00 bits per heavy atom. The zero-order valence-corrected chi connectivity index (χ0v) is 11.7. The van der Waals surface area contributed by atoms with Crippen molar-refractivity contribution in [2.45, 2.75) is 19.9 Å². The number of anilines is 1. The number of carbonyl (C=O) groups is 2. The highest BCUT2D eigenvalue weighted by Crippen LogP contribution is 2.23. The van der Waals surface area contributed by atoms with Crippen molar-refractivity contribution in [3.05, 3.63) is 28.2 Å². The van der Waals surface area contributed by atoms with Gasteiger partial charge in [-0.2, -0.15) is 0 Å². The molecule has 1 amide bonds. The molecule has 2 unspecified atom stereocenters. The number of carbonyl (C=O) groups excluding carboxylic acids is 1. The predicted molar refractivity (Wildman–Crippen MR) is 72.5 cm³/mol. The first-order valence-corrected chi connectivity index (χ1v) is 6.21. The Labute approximate surface area is 113 Å². The summed E-state index contributed by atoms with van der Waals surface area (Å²) in [6.07, 6.45) is 0. The molecule has 1 rings (SSSR count). The number of hydrogen-bond donors (Lipinski definition) is 3. The van der Waals surface area contributed by atoms with Crippen molar-refractivity contribution in [2.24, 2.45) is 11.7 Å². The zero-order chi connectivity index (χ0) is 13.9. The van der Waals surface area contributed by atoms with E-state index in [2.05, 4.69) is 21.2 Å². The second-order valence-electron chi connectivity index (χ2n) is 4.11. The largest absolute Gasteiger partial charge is 0.481 e. The van der Waals surface area contributed by atoms with Crippen LogP contribution >= 0.6 is 15.9 Å². The highest BCUT2D eigenvalue weighted by Gasteiger charge is 2.20. The Kier molecular flexibility index (Phi) is 4.72. The lowest BCUT2D eigenvalue weighted by molar-refractivity contribution is -0.141. The van der Waals surface area contributed by atoms with Gasteiger partial charge in [0.1, 0.15) is 0 Å². The van der Waals surface area contributed by atoms with Crippen molar-refractivity contribution >= 4 is 33.5 Å². The third-order valence-corrected chi connectivity index (χ3v) is 3.26. The van der Waals surface area contributed by atoms with Crippen molar-refractivity contribution in [3.63, 3.8) is 0 Å². The molecule has 0 bridgehead atoms. The third-order valence-electron chi connectivity index (χ3n) is 2.77. The topological polar surface area (TPSA) is 92.4 Å². The standard InChI is InChI=1S/C12H15BrN2O3/c1-6(12(17)18)7(2)15-10-5-8(13)3-4-9(10)11(14)16/h3-7,15H,1-2H3,(H2,14,16)(H,17,18). The van der Waals surface area contributed by atoms with Gasteiger partial charge in [0.05, 0.1) is 11.5 Å². The van der Waals surface area contributed by atoms with E-state index in [4.69, 9.17) is 10.8 Å². The Bertz CT molecular complexity index is 476. The number of rotatable bonds is 5. The quantitative estimate of drug-likeness (QED) is 0.775. The van der Waals surface area contributed by atoms with Gasteiger partial charge in [-0.15, -0.1) is 0 Å². The van der Waals surface area contributed by atoms with Gasteiger partial charge in [0.15, 0.2) is 0 Å².